The van der Waals surface area contributed by atoms with E-state index in [9.17, 15) is 9.18 Å². The number of benzene rings is 2. The Kier molecular flexibility index (Phi) is 5.38. The van der Waals surface area contributed by atoms with Crippen molar-refractivity contribution in [2.45, 2.75) is 13.0 Å². The van der Waals surface area contributed by atoms with Crippen LogP contribution in [0, 0.1) is 5.82 Å². The molecule has 29 heavy (non-hydrogen) atoms. The van der Waals surface area contributed by atoms with Crippen molar-refractivity contribution in [3.05, 3.63) is 102 Å². The highest BCUT2D eigenvalue weighted by atomic mass is 19.1. The van der Waals surface area contributed by atoms with Crippen LogP contribution < -0.4 is 5.32 Å². The Morgan fingerprint density at radius 2 is 1.79 bits per heavy atom. The van der Waals surface area contributed by atoms with E-state index in [0.717, 1.165) is 5.56 Å². The van der Waals surface area contributed by atoms with Gasteiger partial charge in [-0.25, -0.2) is 4.39 Å². The van der Waals surface area contributed by atoms with Gasteiger partial charge in [0, 0.05) is 11.8 Å². The Hall–Kier alpha value is -3.87. The van der Waals surface area contributed by atoms with Crippen LogP contribution >= 0.6 is 0 Å². The predicted molar refractivity (Wildman–Crippen MR) is 104 cm³/mol. The minimum absolute atomic E-state index is 0.117. The monoisotopic (exact) mass is 388 g/mol. The molecule has 0 radical (unpaired) electrons. The Morgan fingerprint density at radius 1 is 0.966 bits per heavy atom. The van der Waals surface area contributed by atoms with Crippen LogP contribution in [0.1, 0.15) is 27.7 Å². The van der Waals surface area contributed by atoms with Crippen molar-refractivity contribution in [3.63, 3.8) is 0 Å². The molecule has 1 amide bonds. The predicted octanol–water partition coefficient (Wildman–Crippen LogP) is 3.79. The Bertz CT molecular complexity index is 1110. The highest BCUT2D eigenvalue weighted by Crippen LogP contribution is 2.18. The largest absolute Gasteiger partial charge is 0.423 e. The van der Waals surface area contributed by atoms with Gasteiger partial charge in [-0.05, 0) is 29.8 Å². The van der Waals surface area contributed by atoms with E-state index in [1.165, 1.54) is 18.3 Å². The van der Waals surface area contributed by atoms with Gasteiger partial charge in [-0.2, -0.15) is 0 Å². The SMILES string of the molecule is O=C(NCc1nnc(Cc2ccccc2)o1)c1ccc(-c2cccc(F)c2)nc1. The maximum Gasteiger partial charge on any atom is 0.253 e. The fraction of sp³-hybridized carbons (Fsp3) is 0.0909. The fourth-order valence-electron chi connectivity index (χ4n) is 2.81. The first-order chi connectivity index (χ1) is 14.2. The summed E-state index contributed by atoms with van der Waals surface area (Å²) in [6.07, 6.45) is 1.98. The summed E-state index contributed by atoms with van der Waals surface area (Å²) in [5.41, 5.74) is 2.68. The van der Waals surface area contributed by atoms with Crippen LogP contribution in [0.2, 0.25) is 0 Å². The number of hydrogen-bond donors (Lipinski definition) is 1. The minimum atomic E-state index is -0.336. The highest BCUT2D eigenvalue weighted by Gasteiger charge is 2.11. The van der Waals surface area contributed by atoms with Gasteiger partial charge in [-0.15, -0.1) is 10.2 Å². The quantitative estimate of drug-likeness (QED) is 0.544. The van der Waals surface area contributed by atoms with Crippen molar-refractivity contribution < 1.29 is 13.6 Å². The van der Waals surface area contributed by atoms with E-state index in [2.05, 4.69) is 20.5 Å². The zero-order valence-corrected chi connectivity index (χ0v) is 15.4. The Morgan fingerprint density at radius 3 is 2.55 bits per heavy atom. The second-order valence-corrected chi connectivity index (χ2v) is 6.38. The van der Waals surface area contributed by atoms with E-state index in [1.807, 2.05) is 30.3 Å². The molecule has 0 spiro atoms. The first-order valence-electron chi connectivity index (χ1n) is 9.03. The maximum absolute atomic E-state index is 13.3. The summed E-state index contributed by atoms with van der Waals surface area (Å²) < 4.78 is 18.9. The summed E-state index contributed by atoms with van der Waals surface area (Å²) in [7, 11) is 0. The van der Waals surface area contributed by atoms with Gasteiger partial charge >= 0.3 is 0 Å². The van der Waals surface area contributed by atoms with Gasteiger partial charge in [-0.1, -0.05) is 42.5 Å². The molecule has 2 aromatic carbocycles. The lowest BCUT2D eigenvalue weighted by Crippen LogP contribution is -2.23. The van der Waals surface area contributed by atoms with Crippen LogP contribution in [0.5, 0.6) is 0 Å². The molecule has 0 aliphatic heterocycles. The summed E-state index contributed by atoms with van der Waals surface area (Å²) in [4.78, 5) is 16.6. The molecular formula is C22H17FN4O2. The molecule has 6 nitrogen and oxygen atoms in total. The number of carbonyl (C=O) groups is 1. The van der Waals surface area contributed by atoms with E-state index < -0.39 is 0 Å². The van der Waals surface area contributed by atoms with Gasteiger partial charge in [-0.3, -0.25) is 9.78 Å². The smallest absolute Gasteiger partial charge is 0.253 e. The number of aromatic nitrogens is 3. The summed E-state index contributed by atoms with van der Waals surface area (Å²) in [6, 6.07) is 19.2. The molecule has 4 rings (SSSR count). The Labute approximate surface area is 166 Å². The minimum Gasteiger partial charge on any atom is -0.423 e. The normalized spacial score (nSPS) is 10.7. The molecule has 0 aliphatic rings. The lowest BCUT2D eigenvalue weighted by atomic mass is 10.1. The first kappa shape index (κ1) is 18.5. The van der Waals surface area contributed by atoms with Crippen LogP contribution in [0.3, 0.4) is 0 Å². The van der Waals surface area contributed by atoms with Gasteiger partial charge < -0.3 is 9.73 Å². The van der Waals surface area contributed by atoms with Crippen molar-refractivity contribution in [2.75, 3.05) is 0 Å². The molecule has 1 N–H and O–H groups in total. The maximum atomic E-state index is 13.3. The summed E-state index contributed by atoms with van der Waals surface area (Å²) in [5, 5.41) is 10.7. The molecule has 0 saturated carbocycles. The van der Waals surface area contributed by atoms with Crippen LogP contribution in [0.4, 0.5) is 4.39 Å². The van der Waals surface area contributed by atoms with Crippen LogP contribution in [0.15, 0.2) is 77.3 Å². The third kappa shape index (κ3) is 4.70. The molecule has 2 aromatic heterocycles. The van der Waals surface area contributed by atoms with Crippen LogP contribution in [-0.2, 0) is 13.0 Å². The van der Waals surface area contributed by atoms with Crippen molar-refractivity contribution in [2.24, 2.45) is 0 Å². The number of carbonyl (C=O) groups excluding carboxylic acids is 1. The molecule has 0 unspecified atom stereocenters. The third-order valence-corrected chi connectivity index (χ3v) is 4.25. The number of rotatable bonds is 6. The number of nitrogens with zero attached hydrogens (tertiary/aromatic N) is 3. The molecule has 2 heterocycles. The number of pyridine rings is 1. The van der Waals surface area contributed by atoms with E-state index in [1.54, 1.807) is 24.3 Å². The first-order valence-corrected chi connectivity index (χ1v) is 9.03. The van der Waals surface area contributed by atoms with Gasteiger partial charge in [0.1, 0.15) is 5.82 Å². The van der Waals surface area contributed by atoms with Gasteiger partial charge in [0.15, 0.2) is 0 Å². The van der Waals surface area contributed by atoms with Gasteiger partial charge in [0.05, 0.1) is 24.2 Å². The third-order valence-electron chi connectivity index (χ3n) is 4.25. The van der Waals surface area contributed by atoms with E-state index in [4.69, 9.17) is 4.42 Å². The number of halogens is 1. The van der Waals surface area contributed by atoms with Gasteiger partial charge in [0.25, 0.3) is 5.91 Å². The molecule has 0 atom stereocenters. The average molecular weight is 388 g/mol. The highest BCUT2D eigenvalue weighted by molar-refractivity contribution is 5.94. The molecule has 144 valence electrons. The molecule has 4 aromatic rings. The van der Waals surface area contributed by atoms with Crippen molar-refractivity contribution >= 4 is 5.91 Å². The lowest BCUT2D eigenvalue weighted by molar-refractivity contribution is 0.0946. The standard InChI is InChI=1S/C22H17FN4O2/c23-18-8-4-7-16(12-18)19-10-9-17(13-24-19)22(28)25-14-21-27-26-20(29-21)11-15-5-2-1-3-6-15/h1-10,12-13H,11,14H2,(H,25,28). The molecular weight excluding hydrogens is 371 g/mol. The molecule has 0 aliphatic carbocycles. The summed E-state index contributed by atoms with van der Waals surface area (Å²) in [5.74, 6) is 0.165. The van der Waals surface area contributed by atoms with E-state index >= 15 is 0 Å². The zero-order valence-electron chi connectivity index (χ0n) is 15.4. The molecule has 0 bridgehead atoms. The molecule has 0 saturated heterocycles. The van der Waals surface area contributed by atoms with E-state index in [0.29, 0.717) is 35.0 Å². The number of nitrogens with one attached hydrogen (secondary N) is 1. The number of amides is 1. The molecule has 0 fully saturated rings. The lowest BCUT2D eigenvalue weighted by Gasteiger charge is -2.04. The van der Waals surface area contributed by atoms with Crippen LogP contribution in [-0.4, -0.2) is 21.1 Å². The topological polar surface area (TPSA) is 80.9 Å². The number of hydrogen-bond acceptors (Lipinski definition) is 5. The fourth-order valence-corrected chi connectivity index (χ4v) is 2.81. The van der Waals surface area contributed by atoms with Crippen molar-refractivity contribution in [3.8, 4) is 11.3 Å². The molecule has 7 heteroatoms. The van der Waals surface area contributed by atoms with Crippen molar-refractivity contribution in [1.29, 1.82) is 0 Å². The second-order valence-electron chi connectivity index (χ2n) is 6.38. The second kappa shape index (κ2) is 8.43. The Balaban J connectivity index is 1.35. The summed E-state index contributed by atoms with van der Waals surface area (Å²) >= 11 is 0. The summed E-state index contributed by atoms with van der Waals surface area (Å²) in [6.45, 7) is 0.117. The van der Waals surface area contributed by atoms with Gasteiger partial charge in [0.2, 0.25) is 11.8 Å². The van der Waals surface area contributed by atoms with Crippen molar-refractivity contribution in [1.82, 2.24) is 20.5 Å². The average Bonchev–Trinajstić information content (AvgIpc) is 3.20. The zero-order chi connectivity index (χ0) is 20.1. The van der Waals surface area contributed by atoms with E-state index in [-0.39, 0.29) is 18.3 Å². The van der Waals surface area contributed by atoms with Crippen LogP contribution in [0.25, 0.3) is 11.3 Å².